The standard InChI is InChI=1S/C19H32N2O2/c1-5-21-10-6-7-17(21)11-20-12-18(22)13-23-19-15(3)9-8-14(2)16(19)4/h8-9,17-18,20,22H,5-7,10-13H2,1-4H3/t17-,18-/m0/s1. The Morgan fingerprint density at radius 3 is 2.78 bits per heavy atom. The van der Waals surface area contributed by atoms with Gasteiger partial charge < -0.3 is 15.2 Å². The number of nitrogens with one attached hydrogen (secondary N) is 1. The van der Waals surface area contributed by atoms with Crippen molar-refractivity contribution in [2.45, 2.75) is 52.7 Å². The molecule has 1 saturated heterocycles. The Hall–Kier alpha value is -1.10. The highest BCUT2D eigenvalue weighted by Gasteiger charge is 2.22. The molecule has 1 aromatic rings. The molecular weight excluding hydrogens is 288 g/mol. The molecule has 4 heteroatoms. The number of likely N-dealkylation sites (N-methyl/N-ethyl adjacent to an activating group) is 1. The lowest BCUT2D eigenvalue weighted by Gasteiger charge is -2.24. The zero-order valence-electron chi connectivity index (χ0n) is 15.1. The summed E-state index contributed by atoms with van der Waals surface area (Å²) >= 11 is 0. The lowest BCUT2D eigenvalue weighted by Crippen LogP contribution is -2.41. The summed E-state index contributed by atoms with van der Waals surface area (Å²) in [5.74, 6) is 0.914. The Kier molecular flexibility index (Phi) is 6.88. The summed E-state index contributed by atoms with van der Waals surface area (Å²) in [6.45, 7) is 12.6. The minimum Gasteiger partial charge on any atom is -0.490 e. The van der Waals surface area contributed by atoms with Crippen molar-refractivity contribution in [3.8, 4) is 5.75 Å². The van der Waals surface area contributed by atoms with E-state index < -0.39 is 6.10 Å². The molecule has 0 unspecified atom stereocenters. The zero-order valence-corrected chi connectivity index (χ0v) is 15.1. The molecule has 0 aromatic heterocycles. The molecule has 2 rings (SSSR count). The van der Waals surface area contributed by atoms with Crippen LogP contribution in [0.5, 0.6) is 5.75 Å². The van der Waals surface area contributed by atoms with Gasteiger partial charge in [-0.3, -0.25) is 4.90 Å². The van der Waals surface area contributed by atoms with Crippen LogP contribution in [-0.2, 0) is 0 Å². The van der Waals surface area contributed by atoms with Gasteiger partial charge >= 0.3 is 0 Å². The predicted octanol–water partition coefficient (Wildman–Crippen LogP) is 2.43. The van der Waals surface area contributed by atoms with E-state index in [1.54, 1.807) is 0 Å². The van der Waals surface area contributed by atoms with Crippen LogP contribution in [0.1, 0.15) is 36.5 Å². The van der Waals surface area contributed by atoms with E-state index in [0.29, 0.717) is 19.2 Å². The Bertz CT molecular complexity index is 504. The third-order valence-electron chi connectivity index (χ3n) is 4.96. The summed E-state index contributed by atoms with van der Waals surface area (Å²) in [6, 6.07) is 4.80. The highest BCUT2D eigenvalue weighted by molar-refractivity contribution is 5.44. The second-order valence-electron chi connectivity index (χ2n) is 6.70. The first-order chi connectivity index (χ1) is 11.0. The van der Waals surface area contributed by atoms with E-state index in [1.807, 2.05) is 6.92 Å². The van der Waals surface area contributed by atoms with Gasteiger partial charge in [-0.25, -0.2) is 0 Å². The zero-order chi connectivity index (χ0) is 16.8. The van der Waals surface area contributed by atoms with Gasteiger partial charge in [0.15, 0.2) is 0 Å². The molecule has 0 aliphatic carbocycles. The van der Waals surface area contributed by atoms with E-state index in [0.717, 1.165) is 30.0 Å². The van der Waals surface area contributed by atoms with Gasteiger partial charge in [0.25, 0.3) is 0 Å². The number of rotatable bonds is 8. The minimum absolute atomic E-state index is 0.334. The molecule has 1 aromatic carbocycles. The van der Waals surface area contributed by atoms with Crippen LogP contribution in [0.2, 0.25) is 0 Å². The van der Waals surface area contributed by atoms with Crippen LogP contribution in [0.25, 0.3) is 0 Å². The van der Waals surface area contributed by atoms with Crippen LogP contribution in [0.4, 0.5) is 0 Å². The number of benzene rings is 1. The molecule has 1 aliphatic rings. The van der Waals surface area contributed by atoms with Crippen LogP contribution in [0.3, 0.4) is 0 Å². The summed E-state index contributed by atoms with van der Waals surface area (Å²) in [4.78, 5) is 2.51. The van der Waals surface area contributed by atoms with Crippen molar-refractivity contribution in [2.75, 3.05) is 32.8 Å². The fraction of sp³-hybridized carbons (Fsp3) is 0.684. The smallest absolute Gasteiger partial charge is 0.125 e. The number of nitrogens with zero attached hydrogens (tertiary/aromatic N) is 1. The summed E-state index contributed by atoms with van der Waals surface area (Å²) in [7, 11) is 0. The molecule has 0 saturated carbocycles. The molecule has 1 fully saturated rings. The summed E-state index contributed by atoms with van der Waals surface area (Å²) in [5.41, 5.74) is 3.51. The maximum Gasteiger partial charge on any atom is 0.125 e. The van der Waals surface area contributed by atoms with Gasteiger partial charge in [0.2, 0.25) is 0 Å². The molecular formula is C19H32N2O2. The first-order valence-corrected chi connectivity index (χ1v) is 8.85. The van der Waals surface area contributed by atoms with E-state index >= 15 is 0 Å². The Morgan fingerprint density at radius 2 is 2.04 bits per heavy atom. The predicted molar refractivity (Wildman–Crippen MR) is 95.3 cm³/mol. The van der Waals surface area contributed by atoms with Crippen LogP contribution < -0.4 is 10.1 Å². The fourth-order valence-electron chi connectivity index (χ4n) is 3.35. The van der Waals surface area contributed by atoms with E-state index in [4.69, 9.17) is 4.74 Å². The fourth-order valence-corrected chi connectivity index (χ4v) is 3.35. The van der Waals surface area contributed by atoms with Gasteiger partial charge in [0, 0.05) is 19.1 Å². The monoisotopic (exact) mass is 320 g/mol. The summed E-state index contributed by atoms with van der Waals surface area (Å²) in [5, 5.41) is 13.6. The largest absolute Gasteiger partial charge is 0.490 e. The van der Waals surface area contributed by atoms with E-state index in [9.17, 15) is 5.11 Å². The molecule has 23 heavy (non-hydrogen) atoms. The average Bonchev–Trinajstić information content (AvgIpc) is 2.98. The van der Waals surface area contributed by atoms with Crippen molar-refractivity contribution in [2.24, 2.45) is 0 Å². The second kappa shape index (κ2) is 8.67. The molecule has 0 amide bonds. The summed E-state index contributed by atoms with van der Waals surface area (Å²) in [6.07, 6.45) is 2.07. The molecule has 2 atom stereocenters. The van der Waals surface area contributed by atoms with Gasteiger partial charge in [-0.2, -0.15) is 0 Å². The molecule has 0 bridgehead atoms. The van der Waals surface area contributed by atoms with Crippen LogP contribution in [0, 0.1) is 20.8 Å². The Morgan fingerprint density at radius 1 is 1.30 bits per heavy atom. The van der Waals surface area contributed by atoms with Gasteiger partial charge in [-0.1, -0.05) is 19.1 Å². The first kappa shape index (κ1) is 18.2. The first-order valence-electron chi connectivity index (χ1n) is 8.85. The van der Waals surface area contributed by atoms with Gasteiger partial charge in [-0.05, 0) is 63.4 Å². The number of likely N-dealkylation sites (tertiary alicyclic amines) is 1. The molecule has 1 aliphatic heterocycles. The van der Waals surface area contributed by atoms with Crippen LogP contribution in [-0.4, -0.2) is 54.9 Å². The van der Waals surface area contributed by atoms with Crippen molar-refractivity contribution in [3.05, 3.63) is 28.8 Å². The van der Waals surface area contributed by atoms with E-state index in [-0.39, 0.29) is 0 Å². The minimum atomic E-state index is -0.481. The maximum atomic E-state index is 10.2. The van der Waals surface area contributed by atoms with Crippen molar-refractivity contribution in [1.82, 2.24) is 10.2 Å². The third kappa shape index (κ3) is 4.93. The normalized spacial score (nSPS) is 20.0. The third-order valence-corrected chi connectivity index (χ3v) is 4.96. The topological polar surface area (TPSA) is 44.7 Å². The molecule has 2 N–H and O–H groups in total. The highest BCUT2D eigenvalue weighted by atomic mass is 16.5. The Labute approximate surface area is 140 Å². The number of ether oxygens (including phenoxy) is 1. The number of hydrogen-bond donors (Lipinski definition) is 2. The molecule has 130 valence electrons. The van der Waals surface area contributed by atoms with Crippen molar-refractivity contribution in [1.29, 1.82) is 0 Å². The number of aliphatic hydroxyl groups is 1. The van der Waals surface area contributed by atoms with E-state index in [2.05, 4.69) is 43.1 Å². The lowest BCUT2D eigenvalue weighted by molar-refractivity contribution is 0.103. The molecule has 1 heterocycles. The van der Waals surface area contributed by atoms with Gasteiger partial charge in [0.1, 0.15) is 18.5 Å². The maximum absolute atomic E-state index is 10.2. The number of aryl methyl sites for hydroxylation is 2. The second-order valence-corrected chi connectivity index (χ2v) is 6.70. The van der Waals surface area contributed by atoms with E-state index in [1.165, 1.54) is 24.9 Å². The Balaban J connectivity index is 1.73. The molecule has 0 radical (unpaired) electrons. The van der Waals surface area contributed by atoms with Crippen molar-refractivity contribution < 1.29 is 9.84 Å². The van der Waals surface area contributed by atoms with Gasteiger partial charge in [0.05, 0.1) is 0 Å². The summed E-state index contributed by atoms with van der Waals surface area (Å²) < 4.78 is 5.87. The SMILES string of the molecule is CCN1CCC[C@H]1CNC[C@H](O)COc1c(C)ccc(C)c1C. The lowest BCUT2D eigenvalue weighted by atomic mass is 10.1. The average molecular weight is 320 g/mol. The highest BCUT2D eigenvalue weighted by Crippen LogP contribution is 2.25. The molecule has 0 spiro atoms. The van der Waals surface area contributed by atoms with Crippen molar-refractivity contribution >= 4 is 0 Å². The number of hydrogen-bond acceptors (Lipinski definition) is 4. The number of aliphatic hydroxyl groups excluding tert-OH is 1. The van der Waals surface area contributed by atoms with Crippen molar-refractivity contribution in [3.63, 3.8) is 0 Å². The van der Waals surface area contributed by atoms with Crippen LogP contribution in [0.15, 0.2) is 12.1 Å². The van der Waals surface area contributed by atoms with Gasteiger partial charge in [-0.15, -0.1) is 0 Å². The molecule has 4 nitrogen and oxygen atoms in total. The quantitative estimate of drug-likeness (QED) is 0.772. The van der Waals surface area contributed by atoms with Crippen LogP contribution >= 0.6 is 0 Å².